The van der Waals surface area contributed by atoms with E-state index in [1.807, 2.05) is 33.8 Å². The molecular formula is C12H19F2N2OP. The molecule has 1 atom stereocenters. The summed E-state index contributed by atoms with van der Waals surface area (Å²) in [6, 6.07) is 1.91. The third-order valence-electron chi connectivity index (χ3n) is 2.32. The minimum Gasteiger partial charge on any atom is -0.457 e. The molecule has 0 bridgehead atoms. The second-order valence-corrected chi connectivity index (χ2v) is 5.70. The van der Waals surface area contributed by atoms with Gasteiger partial charge in [0.25, 0.3) is 5.66 Å². The van der Waals surface area contributed by atoms with Crippen molar-refractivity contribution in [3.8, 4) is 6.01 Å². The number of nitrogens with zero attached hydrogens (tertiary/aromatic N) is 2. The molecule has 1 aromatic heterocycles. The Kier molecular flexibility index (Phi) is 4.97. The summed E-state index contributed by atoms with van der Waals surface area (Å²) in [5, 5.41) is 0. The van der Waals surface area contributed by atoms with E-state index in [0.29, 0.717) is 0 Å². The van der Waals surface area contributed by atoms with Gasteiger partial charge in [0.05, 0.1) is 11.4 Å². The summed E-state index contributed by atoms with van der Waals surface area (Å²) in [7, 11) is 1.43. The van der Waals surface area contributed by atoms with Crippen LogP contribution in [0.1, 0.15) is 50.9 Å². The molecule has 1 heterocycles. The molecule has 0 saturated carbocycles. The highest BCUT2D eigenvalue weighted by atomic mass is 31.0. The number of aromatic nitrogens is 2. The second-order valence-electron chi connectivity index (χ2n) is 4.86. The highest BCUT2D eigenvalue weighted by molar-refractivity contribution is 7.18. The van der Waals surface area contributed by atoms with E-state index in [4.69, 9.17) is 4.74 Å². The molecule has 0 aliphatic carbocycles. The largest absolute Gasteiger partial charge is 0.457 e. The monoisotopic (exact) mass is 276 g/mol. The molecule has 1 aromatic rings. The van der Waals surface area contributed by atoms with E-state index < -0.39 is 12.3 Å². The number of ether oxygens (including phenoxy) is 1. The molecular weight excluding hydrogens is 257 g/mol. The molecule has 0 N–H and O–H groups in total. The van der Waals surface area contributed by atoms with Gasteiger partial charge in [-0.1, -0.05) is 36.9 Å². The molecule has 0 spiro atoms. The average Bonchev–Trinajstić information content (AvgIpc) is 2.25. The third-order valence-corrected chi connectivity index (χ3v) is 2.49. The van der Waals surface area contributed by atoms with Crippen molar-refractivity contribution in [1.82, 2.24) is 9.97 Å². The molecule has 0 aliphatic rings. The van der Waals surface area contributed by atoms with Crippen molar-refractivity contribution >= 4 is 9.24 Å². The fourth-order valence-electron chi connectivity index (χ4n) is 1.28. The minimum atomic E-state index is -2.96. The van der Waals surface area contributed by atoms with Crippen LogP contribution < -0.4 is 4.74 Å². The van der Waals surface area contributed by atoms with E-state index in [2.05, 4.69) is 9.97 Å². The van der Waals surface area contributed by atoms with Gasteiger partial charge in [-0.25, -0.2) is 0 Å². The van der Waals surface area contributed by atoms with Crippen molar-refractivity contribution in [2.45, 2.75) is 45.2 Å². The van der Waals surface area contributed by atoms with E-state index in [-0.39, 0.29) is 17.8 Å². The maximum atomic E-state index is 12.7. The second kappa shape index (κ2) is 5.87. The Morgan fingerprint density at radius 1 is 1.17 bits per heavy atom. The average molecular weight is 276 g/mol. The Morgan fingerprint density at radius 2 is 1.61 bits per heavy atom. The van der Waals surface area contributed by atoms with Crippen molar-refractivity contribution in [2.24, 2.45) is 0 Å². The Bertz CT molecular complexity index is 379. The van der Waals surface area contributed by atoms with Crippen molar-refractivity contribution < 1.29 is 13.5 Å². The first kappa shape index (κ1) is 15.2. The van der Waals surface area contributed by atoms with Crippen LogP contribution in [-0.4, -0.2) is 22.2 Å². The molecule has 18 heavy (non-hydrogen) atoms. The molecule has 102 valence electrons. The van der Waals surface area contributed by atoms with Crippen molar-refractivity contribution in [3.05, 3.63) is 17.5 Å². The van der Waals surface area contributed by atoms with E-state index in [0.717, 1.165) is 11.4 Å². The van der Waals surface area contributed by atoms with Gasteiger partial charge in [0.2, 0.25) is 0 Å². The first-order chi connectivity index (χ1) is 8.19. The van der Waals surface area contributed by atoms with Gasteiger partial charge in [0, 0.05) is 0 Å². The lowest BCUT2D eigenvalue weighted by molar-refractivity contribution is 0.0419. The van der Waals surface area contributed by atoms with Crippen LogP contribution in [0.5, 0.6) is 6.01 Å². The zero-order valence-electron chi connectivity index (χ0n) is 11.1. The van der Waals surface area contributed by atoms with Crippen molar-refractivity contribution in [3.63, 3.8) is 0 Å². The maximum absolute atomic E-state index is 12.7. The van der Waals surface area contributed by atoms with Crippen LogP contribution in [0.2, 0.25) is 0 Å². The number of halogens is 2. The highest BCUT2D eigenvalue weighted by Gasteiger charge is 2.23. The van der Waals surface area contributed by atoms with Crippen LogP contribution in [0.3, 0.4) is 0 Å². The van der Waals surface area contributed by atoms with Crippen LogP contribution in [0, 0.1) is 0 Å². The van der Waals surface area contributed by atoms with Gasteiger partial charge in [-0.3, -0.25) is 0 Å². The van der Waals surface area contributed by atoms with Gasteiger partial charge >= 0.3 is 6.01 Å². The first-order valence-corrected chi connectivity index (χ1v) is 6.45. The Morgan fingerprint density at radius 3 is 1.94 bits per heavy atom. The summed E-state index contributed by atoms with van der Waals surface area (Å²) < 4.78 is 30.4. The predicted molar refractivity (Wildman–Crippen MR) is 70.4 cm³/mol. The van der Waals surface area contributed by atoms with Gasteiger partial charge in [-0.15, -0.1) is 0 Å². The van der Waals surface area contributed by atoms with Crippen molar-refractivity contribution in [1.29, 1.82) is 0 Å². The zero-order chi connectivity index (χ0) is 13.9. The van der Waals surface area contributed by atoms with E-state index in [1.54, 1.807) is 0 Å². The zero-order valence-corrected chi connectivity index (χ0v) is 12.2. The third kappa shape index (κ3) is 4.81. The highest BCUT2D eigenvalue weighted by Crippen LogP contribution is 2.24. The molecule has 0 fully saturated rings. The first-order valence-electron chi connectivity index (χ1n) is 5.87. The lowest BCUT2D eigenvalue weighted by Crippen LogP contribution is -2.19. The summed E-state index contributed by atoms with van der Waals surface area (Å²) in [4.78, 5) is 8.28. The normalized spacial score (nSPS) is 12.3. The van der Waals surface area contributed by atoms with Crippen LogP contribution in [0.25, 0.3) is 0 Å². The Hall–Kier alpha value is -0.830. The van der Waals surface area contributed by atoms with Crippen LogP contribution in [0.15, 0.2) is 6.07 Å². The summed E-state index contributed by atoms with van der Waals surface area (Å²) in [6.45, 7) is 7.21. The van der Waals surface area contributed by atoms with Gasteiger partial charge in [0.1, 0.15) is 0 Å². The van der Waals surface area contributed by atoms with Gasteiger partial charge < -0.3 is 4.74 Å². The van der Waals surface area contributed by atoms with Crippen LogP contribution in [-0.2, 0) is 0 Å². The smallest absolute Gasteiger partial charge is 0.317 e. The van der Waals surface area contributed by atoms with Gasteiger partial charge in [0.15, 0.2) is 6.61 Å². The molecule has 0 amide bonds. The van der Waals surface area contributed by atoms with Crippen LogP contribution in [0.4, 0.5) is 8.78 Å². The van der Waals surface area contributed by atoms with E-state index >= 15 is 0 Å². The van der Waals surface area contributed by atoms with Crippen molar-refractivity contribution in [2.75, 3.05) is 6.61 Å². The minimum absolute atomic E-state index is 0.0204. The maximum Gasteiger partial charge on any atom is 0.317 e. The lowest BCUT2D eigenvalue weighted by Gasteiger charge is -2.14. The summed E-state index contributed by atoms with van der Waals surface area (Å²) >= 11 is 0. The van der Waals surface area contributed by atoms with Gasteiger partial charge in [-0.05, 0) is 17.9 Å². The van der Waals surface area contributed by atoms with Crippen LogP contribution >= 0.6 is 9.24 Å². The Balaban J connectivity index is 2.96. The molecule has 0 saturated heterocycles. The molecule has 0 radical (unpaired) electrons. The summed E-state index contributed by atoms with van der Waals surface area (Å²) in [5.74, 6) is 0.397. The fourth-order valence-corrected chi connectivity index (χ4v) is 1.36. The Labute approximate surface area is 109 Å². The lowest BCUT2D eigenvalue weighted by atomic mass is 10.1. The van der Waals surface area contributed by atoms with E-state index in [9.17, 15) is 8.78 Å². The standard InChI is InChI=1S/C12H19F2N2OP/c1-7(2)9-5-10(8(3)4)16-11(15-9)17-6-12(13,14)18/h5,7-8H,6,18H2,1-4H3. The summed E-state index contributed by atoms with van der Waals surface area (Å²) in [5.41, 5.74) is -1.36. The fraction of sp³-hybridized carbons (Fsp3) is 0.667. The number of hydrogen-bond donors (Lipinski definition) is 0. The van der Waals surface area contributed by atoms with Gasteiger partial charge in [-0.2, -0.15) is 18.7 Å². The molecule has 3 nitrogen and oxygen atoms in total. The summed E-state index contributed by atoms with van der Waals surface area (Å²) in [6.07, 6.45) is 0. The number of rotatable bonds is 5. The molecule has 0 aromatic carbocycles. The molecule has 1 unspecified atom stereocenters. The SMILES string of the molecule is CC(C)c1cc(C(C)C)nc(OCC(F)(F)P)n1. The quantitative estimate of drug-likeness (QED) is 0.771. The number of alkyl halides is 2. The van der Waals surface area contributed by atoms with E-state index in [1.165, 1.54) is 9.24 Å². The molecule has 1 rings (SSSR count). The predicted octanol–water partition coefficient (Wildman–Crippen LogP) is 3.57. The molecule has 6 heteroatoms. The molecule has 0 aliphatic heterocycles. The topological polar surface area (TPSA) is 35.0 Å². The number of hydrogen-bond acceptors (Lipinski definition) is 3.